The first-order valence-corrected chi connectivity index (χ1v) is 4.38. The summed E-state index contributed by atoms with van der Waals surface area (Å²) in [6.07, 6.45) is 2.77. The number of piperidine rings is 2. The van der Waals surface area contributed by atoms with Gasteiger partial charge in [0.25, 0.3) is 0 Å². The molecule has 12 heavy (non-hydrogen) atoms. The Kier molecular flexibility index (Phi) is 6.28. The Balaban J connectivity index is 0.000000605. The van der Waals surface area contributed by atoms with Gasteiger partial charge < -0.3 is 10.6 Å². The summed E-state index contributed by atoms with van der Waals surface area (Å²) in [4.78, 5) is 0. The molecule has 2 atom stereocenters. The molecule has 2 saturated heterocycles. The summed E-state index contributed by atoms with van der Waals surface area (Å²) < 4.78 is 0. The van der Waals surface area contributed by atoms with Gasteiger partial charge in [-0.15, -0.1) is 24.8 Å². The molecule has 0 saturated carbocycles. The van der Waals surface area contributed by atoms with Gasteiger partial charge in [0.15, 0.2) is 0 Å². The van der Waals surface area contributed by atoms with Crippen LogP contribution in [0.1, 0.15) is 12.8 Å². The van der Waals surface area contributed by atoms with Crippen molar-refractivity contribution in [3.8, 4) is 0 Å². The van der Waals surface area contributed by atoms with Gasteiger partial charge in [-0.05, 0) is 50.9 Å². The van der Waals surface area contributed by atoms with Crippen molar-refractivity contribution in [1.82, 2.24) is 10.6 Å². The van der Waals surface area contributed by atoms with Crippen LogP contribution >= 0.6 is 24.8 Å². The highest BCUT2D eigenvalue weighted by Gasteiger charge is 2.26. The Hall–Kier alpha value is 0.500. The summed E-state index contributed by atoms with van der Waals surface area (Å²) in [5.74, 6) is 1.96. The van der Waals surface area contributed by atoms with Crippen LogP contribution < -0.4 is 10.6 Å². The molecule has 2 aliphatic heterocycles. The smallest absolute Gasteiger partial charge is 0.00169 e. The van der Waals surface area contributed by atoms with Gasteiger partial charge in [0.1, 0.15) is 0 Å². The lowest BCUT2D eigenvalue weighted by Crippen LogP contribution is -2.46. The molecule has 0 aromatic carbocycles. The van der Waals surface area contributed by atoms with E-state index in [-0.39, 0.29) is 24.8 Å². The number of rotatable bonds is 0. The highest BCUT2D eigenvalue weighted by atomic mass is 35.5. The van der Waals surface area contributed by atoms with E-state index in [1.165, 1.54) is 39.0 Å². The zero-order chi connectivity index (χ0) is 6.81. The van der Waals surface area contributed by atoms with E-state index in [0.717, 1.165) is 11.8 Å². The average molecular weight is 213 g/mol. The van der Waals surface area contributed by atoms with Crippen molar-refractivity contribution in [2.24, 2.45) is 11.8 Å². The standard InChI is InChI=1S/C8H16N2.2ClH/c1-3-9-6-8-2-4-10-5-7(1)8;;/h7-10H,1-6H2;2*1H/t7-,8-;;/m1../s1. The van der Waals surface area contributed by atoms with Crippen molar-refractivity contribution in [3.63, 3.8) is 0 Å². The summed E-state index contributed by atoms with van der Waals surface area (Å²) in [5.41, 5.74) is 0. The molecule has 4 heteroatoms. The van der Waals surface area contributed by atoms with Crippen LogP contribution in [0.25, 0.3) is 0 Å². The molecule has 0 radical (unpaired) electrons. The molecule has 0 aliphatic carbocycles. The van der Waals surface area contributed by atoms with Crippen LogP contribution in [-0.2, 0) is 0 Å². The molecular formula is C8H18Cl2N2. The molecule has 2 nitrogen and oxygen atoms in total. The first kappa shape index (κ1) is 12.5. The van der Waals surface area contributed by atoms with Crippen molar-refractivity contribution in [3.05, 3.63) is 0 Å². The lowest BCUT2D eigenvalue weighted by Gasteiger charge is -2.36. The summed E-state index contributed by atoms with van der Waals surface area (Å²) in [7, 11) is 0. The van der Waals surface area contributed by atoms with Gasteiger partial charge in [0.05, 0.1) is 0 Å². The predicted molar refractivity (Wildman–Crippen MR) is 56.4 cm³/mol. The second-order valence-electron chi connectivity index (χ2n) is 3.51. The van der Waals surface area contributed by atoms with Crippen LogP contribution in [0.3, 0.4) is 0 Å². The number of hydrogen-bond donors (Lipinski definition) is 2. The topological polar surface area (TPSA) is 24.1 Å². The number of fused-ring (bicyclic) bond motifs is 1. The Morgan fingerprint density at radius 1 is 0.750 bits per heavy atom. The first-order valence-electron chi connectivity index (χ1n) is 4.38. The highest BCUT2D eigenvalue weighted by molar-refractivity contribution is 5.85. The average Bonchev–Trinajstić information content (AvgIpc) is 2.05. The third-order valence-electron chi connectivity index (χ3n) is 2.86. The summed E-state index contributed by atoms with van der Waals surface area (Å²) in [5, 5.41) is 6.91. The third kappa shape index (κ3) is 2.77. The van der Waals surface area contributed by atoms with Crippen LogP contribution in [0.15, 0.2) is 0 Å². The lowest BCUT2D eigenvalue weighted by molar-refractivity contribution is 0.200. The zero-order valence-electron chi connectivity index (χ0n) is 7.21. The molecule has 2 heterocycles. The predicted octanol–water partition coefficient (Wildman–Crippen LogP) is 1.05. The van der Waals surface area contributed by atoms with Gasteiger partial charge in [0, 0.05) is 0 Å². The Bertz CT molecular complexity index is 95.6. The van der Waals surface area contributed by atoms with Gasteiger partial charge in [-0.3, -0.25) is 0 Å². The number of hydrogen-bond acceptors (Lipinski definition) is 2. The number of halogens is 2. The molecule has 0 amide bonds. The first-order chi connectivity index (χ1) is 4.97. The van der Waals surface area contributed by atoms with E-state index in [0.29, 0.717) is 0 Å². The molecule has 2 N–H and O–H groups in total. The molecule has 0 aromatic rings. The van der Waals surface area contributed by atoms with E-state index in [1.807, 2.05) is 0 Å². The second-order valence-corrected chi connectivity index (χ2v) is 3.51. The van der Waals surface area contributed by atoms with E-state index in [4.69, 9.17) is 0 Å². The molecule has 74 valence electrons. The quantitative estimate of drug-likeness (QED) is 0.628. The Morgan fingerprint density at radius 3 is 1.58 bits per heavy atom. The fourth-order valence-electron chi connectivity index (χ4n) is 2.16. The summed E-state index contributed by atoms with van der Waals surface area (Å²) in [6, 6.07) is 0. The maximum atomic E-state index is 3.46. The molecule has 2 fully saturated rings. The van der Waals surface area contributed by atoms with Crippen molar-refractivity contribution in [2.45, 2.75) is 12.8 Å². The summed E-state index contributed by atoms with van der Waals surface area (Å²) >= 11 is 0. The minimum atomic E-state index is 0. The van der Waals surface area contributed by atoms with Crippen LogP contribution in [0.4, 0.5) is 0 Å². The van der Waals surface area contributed by atoms with E-state index >= 15 is 0 Å². The van der Waals surface area contributed by atoms with Gasteiger partial charge in [-0.25, -0.2) is 0 Å². The Morgan fingerprint density at radius 2 is 1.17 bits per heavy atom. The van der Waals surface area contributed by atoms with Crippen molar-refractivity contribution < 1.29 is 0 Å². The van der Waals surface area contributed by atoms with Crippen LogP contribution in [0, 0.1) is 11.8 Å². The zero-order valence-corrected chi connectivity index (χ0v) is 8.85. The van der Waals surface area contributed by atoms with Crippen LogP contribution in [-0.4, -0.2) is 26.2 Å². The maximum Gasteiger partial charge on any atom is -0.00169 e. The second kappa shape index (κ2) is 6.03. The van der Waals surface area contributed by atoms with Crippen molar-refractivity contribution >= 4 is 24.8 Å². The number of nitrogens with one attached hydrogen (secondary N) is 2. The fraction of sp³-hybridized carbons (Fsp3) is 1.00. The molecule has 0 unspecified atom stereocenters. The largest absolute Gasteiger partial charge is 0.316 e. The van der Waals surface area contributed by atoms with E-state index in [2.05, 4.69) is 10.6 Å². The van der Waals surface area contributed by atoms with E-state index in [9.17, 15) is 0 Å². The SMILES string of the molecule is C1C[C@@H]2CNCC[C@@H]2CN1.Cl.Cl. The minimum absolute atomic E-state index is 0. The van der Waals surface area contributed by atoms with Gasteiger partial charge >= 0.3 is 0 Å². The molecule has 0 spiro atoms. The van der Waals surface area contributed by atoms with E-state index < -0.39 is 0 Å². The maximum absolute atomic E-state index is 3.46. The van der Waals surface area contributed by atoms with Crippen molar-refractivity contribution in [1.29, 1.82) is 0 Å². The lowest BCUT2D eigenvalue weighted by atomic mass is 9.82. The van der Waals surface area contributed by atoms with Crippen LogP contribution in [0.2, 0.25) is 0 Å². The normalized spacial score (nSPS) is 34.0. The Labute approximate surface area is 86.7 Å². The molecular weight excluding hydrogens is 195 g/mol. The van der Waals surface area contributed by atoms with Crippen LogP contribution in [0.5, 0.6) is 0 Å². The molecule has 0 bridgehead atoms. The molecule has 0 aromatic heterocycles. The highest BCUT2D eigenvalue weighted by Crippen LogP contribution is 2.23. The molecule has 2 aliphatic rings. The van der Waals surface area contributed by atoms with Gasteiger partial charge in [0.2, 0.25) is 0 Å². The fourth-order valence-corrected chi connectivity index (χ4v) is 2.16. The molecule has 2 rings (SSSR count). The summed E-state index contributed by atoms with van der Waals surface area (Å²) in [6.45, 7) is 5.02. The van der Waals surface area contributed by atoms with E-state index in [1.54, 1.807) is 0 Å². The van der Waals surface area contributed by atoms with Gasteiger partial charge in [-0.2, -0.15) is 0 Å². The van der Waals surface area contributed by atoms with Crippen molar-refractivity contribution in [2.75, 3.05) is 26.2 Å². The monoisotopic (exact) mass is 212 g/mol. The minimum Gasteiger partial charge on any atom is -0.316 e. The third-order valence-corrected chi connectivity index (χ3v) is 2.86. The van der Waals surface area contributed by atoms with Gasteiger partial charge in [-0.1, -0.05) is 0 Å².